The molecule has 0 aliphatic carbocycles. The van der Waals surface area contributed by atoms with Gasteiger partial charge in [-0.1, -0.05) is 36.4 Å². The zero-order valence-electron chi connectivity index (χ0n) is 16.1. The van der Waals surface area contributed by atoms with Crippen LogP contribution in [0.1, 0.15) is 22.8 Å². The van der Waals surface area contributed by atoms with Gasteiger partial charge in [-0.3, -0.25) is 4.79 Å². The van der Waals surface area contributed by atoms with Crippen LogP contribution in [0.25, 0.3) is 0 Å². The number of amides is 1. The fraction of sp³-hybridized carbons (Fsp3) is 0.238. The van der Waals surface area contributed by atoms with E-state index >= 15 is 0 Å². The Labute approximate surface area is 170 Å². The summed E-state index contributed by atoms with van der Waals surface area (Å²) in [6.07, 6.45) is 1.12. The van der Waals surface area contributed by atoms with Crippen LogP contribution in [0.2, 0.25) is 0 Å². The van der Waals surface area contributed by atoms with Crippen LogP contribution < -0.4 is 10.0 Å². The molecule has 0 bridgehead atoms. The quantitative estimate of drug-likeness (QED) is 0.456. The third kappa shape index (κ3) is 6.85. The predicted molar refractivity (Wildman–Crippen MR) is 110 cm³/mol. The van der Waals surface area contributed by atoms with Gasteiger partial charge in [0.05, 0.1) is 10.5 Å². The maximum atomic E-state index is 12.2. The first-order valence-electron chi connectivity index (χ1n) is 9.06. The van der Waals surface area contributed by atoms with Gasteiger partial charge in [0, 0.05) is 13.1 Å². The summed E-state index contributed by atoms with van der Waals surface area (Å²) in [5, 5.41) is 2.72. The van der Waals surface area contributed by atoms with Crippen LogP contribution in [0, 0.1) is 0 Å². The lowest BCUT2D eigenvalue weighted by Gasteiger charge is -2.14. The molecule has 0 aliphatic rings. The molecule has 154 valence electrons. The molecule has 0 spiro atoms. The van der Waals surface area contributed by atoms with Crippen LogP contribution in [0.15, 0.2) is 72.1 Å². The second kappa shape index (κ2) is 10.5. The number of sulfonamides is 1. The van der Waals surface area contributed by atoms with Crippen LogP contribution in [0.5, 0.6) is 0 Å². The molecule has 0 fully saturated rings. The maximum Gasteiger partial charge on any atom is 0.338 e. The summed E-state index contributed by atoms with van der Waals surface area (Å²) in [6.45, 7) is 5.46. The Morgan fingerprint density at radius 3 is 2.38 bits per heavy atom. The number of hydrogen-bond donors (Lipinski definition) is 2. The average molecular weight is 416 g/mol. The largest absolute Gasteiger partial charge is 0.449 e. The van der Waals surface area contributed by atoms with E-state index in [1.165, 1.54) is 37.3 Å². The van der Waals surface area contributed by atoms with Gasteiger partial charge in [-0.25, -0.2) is 17.9 Å². The molecule has 29 heavy (non-hydrogen) atoms. The first-order chi connectivity index (χ1) is 13.8. The summed E-state index contributed by atoms with van der Waals surface area (Å²) in [4.78, 5) is 24.3. The minimum absolute atomic E-state index is 0.0163. The lowest BCUT2D eigenvalue weighted by Crippen LogP contribution is -2.36. The average Bonchev–Trinajstić information content (AvgIpc) is 2.73. The molecule has 2 N–H and O–H groups in total. The van der Waals surface area contributed by atoms with Crippen molar-refractivity contribution in [3.05, 3.63) is 78.4 Å². The molecule has 2 rings (SSSR count). The molecule has 0 heterocycles. The van der Waals surface area contributed by atoms with E-state index in [2.05, 4.69) is 16.6 Å². The van der Waals surface area contributed by atoms with Gasteiger partial charge in [-0.2, -0.15) is 0 Å². The van der Waals surface area contributed by atoms with Crippen molar-refractivity contribution in [2.24, 2.45) is 0 Å². The number of rotatable bonds is 10. The van der Waals surface area contributed by atoms with Crippen LogP contribution in [-0.4, -0.2) is 39.5 Å². The highest BCUT2D eigenvalue weighted by molar-refractivity contribution is 7.89. The number of carbonyl (C=O) groups is 2. The molecular formula is C21H24N2O5S. The molecular weight excluding hydrogens is 392 g/mol. The van der Waals surface area contributed by atoms with Gasteiger partial charge < -0.3 is 10.1 Å². The van der Waals surface area contributed by atoms with Crippen molar-refractivity contribution in [1.29, 1.82) is 0 Å². The molecule has 1 atom stereocenters. The van der Waals surface area contributed by atoms with E-state index < -0.39 is 28.0 Å². The number of nitrogens with one attached hydrogen (secondary N) is 2. The summed E-state index contributed by atoms with van der Waals surface area (Å²) < 4.78 is 31.5. The number of esters is 1. The van der Waals surface area contributed by atoms with Crippen molar-refractivity contribution in [2.45, 2.75) is 24.3 Å². The van der Waals surface area contributed by atoms with Gasteiger partial charge in [0.25, 0.3) is 5.91 Å². The Balaban J connectivity index is 1.86. The lowest BCUT2D eigenvalue weighted by atomic mass is 10.1. The Morgan fingerprint density at radius 1 is 1.10 bits per heavy atom. The number of benzene rings is 2. The second-order valence-corrected chi connectivity index (χ2v) is 8.01. The monoisotopic (exact) mass is 416 g/mol. The van der Waals surface area contributed by atoms with E-state index in [4.69, 9.17) is 4.74 Å². The number of ether oxygens (including phenoxy) is 1. The Bertz CT molecular complexity index is 941. The van der Waals surface area contributed by atoms with Crippen LogP contribution >= 0.6 is 0 Å². The Morgan fingerprint density at radius 2 is 1.76 bits per heavy atom. The fourth-order valence-electron chi connectivity index (χ4n) is 2.42. The third-order valence-electron chi connectivity index (χ3n) is 4.03. The van der Waals surface area contributed by atoms with Crippen molar-refractivity contribution in [1.82, 2.24) is 10.0 Å². The van der Waals surface area contributed by atoms with Crippen molar-refractivity contribution < 1.29 is 22.7 Å². The van der Waals surface area contributed by atoms with Gasteiger partial charge in [-0.05, 0) is 43.2 Å². The maximum absolute atomic E-state index is 12.2. The van der Waals surface area contributed by atoms with Crippen LogP contribution in [-0.2, 0) is 26.0 Å². The number of carbonyl (C=O) groups excluding carboxylic acids is 2. The summed E-state index contributed by atoms with van der Waals surface area (Å²) >= 11 is 0. The first kappa shape index (κ1) is 22.3. The van der Waals surface area contributed by atoms with E-state index in [9.17, 15) is 18.0 Å². The van der Waals surface area contributed by atoms with Gasteiger partial charge in [0.1, 0.15) is 0 Å². The standard InChI is InChI=1S/C21H24N2O5S/c1-3-14-23-29(26,27)19-11-9-18(10-12-19)21(25)28-16(2)20(24)22-15-13-17-7-5-4-6-8-17/h3-12,16,23H,1,13-15H2,2H3,(H,22,24)/t16-/m1/s1. The van der Waals surface area contributed by atoms with Gasteiger partial charge in [0.2, 0.25) is 10.0 Å². The van der Waals surface area contributed by atoms with E-state index in [0.717, 1.165) is 5.56 Å². The highest BCUT2D eigenvalue weighted by Crippen LogP contribution is 2.12. The predicted octanol–water partition coefficient (Wildman–Crippen LogP) is 2.06. The molecule has 2 aromatic rings. The van der Waals surface area contributed by atoms with E-state index in [1.54, 1.807) is 0 Å². The summed E-state index contributed by atoms with van der Waals surface area (Å²) in [7, 11) is -3.67. The Kier molecular flexibility index (Phi) is 8.11. The topological polar surface area (TPSA) is 102 Å². The molecule has 2 aromatic carbocycles. The molecule has 0 radical (unpaired) electrons. The molecule has 0 aliphatic heterocycles. The smallest absolute Gasteiger partial charge is 0.338 e. The minimum atomic E-state index is -3.67. The highest BCUT2D eigenvalue weighted by atomic mass is 32.2. The molecule has 0 aromatic heterocycles. The third-order valence-corrected chi connectivity index (χ3v) is 5.47. The molecule has 8 heteroatoms. The zero-order chi connectivity index (χ0) is 21.3. The van der Waals surface area contributed by atoms with Crippen molar-refractivity contribution in [3.8, 4) is 0 Å². The molecule has 1 amide bonds. The summed E-state index contributed by atoms with van der Waals surface area (Å²) in [6, 6.07) is 15.0. The highest BCUT2D eigenvalue weighted by Gasteiger charge is 2.19. The normalized spacial score (nSPS) is 12.0. The first-order valence-corrected chi connectivity index (χ1v) is 10.5. The second-order valence-electron chi connectivity index (χ2n) is 6.24. The molecule has 0 unspecified atom stereocenters. The zero-order valence-corrected chi connectivity index (χ0v) is 16.9. The lowest BCUT2D eigenvalue weighted by molar-refractivity contribution is -0.129. The van der Waals surface area contributed by atoms with Crippen molar-refractivity contribution in [2.75, 3.05) is 13.1 Å². The Hall–Kier alpha value is -2.97. The number of hydrogen-bond acceptors (Lipinski definition) is 5. The summed E-state index contributed by atoms with van der Waals surface area (Å²) in [5.41, 5.74) is 1.24. The molecule has 0 saturated carbocycles. The SMILES string of the molecule is C=CCNS(=O)(=O)c1ccc(C(=O)O[C@H](C)C(=O)NCCc2ccccc2)cc1. The summed E-state index contributed by atoms with van der Waals surface area (Å²) in [5.74, 6) is -1.11. The van der Waals surface area contributed by atoms with Crippen LogP contribution in [0.4, 0.5) is 0 Å². The van der Waals surface area contributed by atoms with E-state index in [1.807, 2.05) is 30.3 Å². The van der Waals surface area contributed by atoms with Crippen molar-refractivity contribution in [3.63, 3.8) is 0 Å². The fourth-order valence-corrected chi connectivity index (χ4v) is 3.42. The van der Waals surface area contributed by atoms with Gasteiger partial charge in [0.15, 0.2) is 6.10 Å². The van der Waals surface area contributed by atoms with Gasteiger partial charge in [-0.15, -0.1) is 6.58 Å². The molecule has 7 nitrogen and oxygen atoms in total. The van der Waals surface area contributed by atoms with Crippen molar-refractivity contribution >= 4 is 21.9 Å². The van der Waals surface area contributed by atoms with Gasteiger partial charge >= 0.3 is 5.97 Å². The minimum Gasteiger partial charge on any atom is -0.449 e. The van der Waals surface area contributed by atoms with Crippen LogP contribution in [0.3, 0.4) is 0 Å². The van der Waals surface area contributed by atoms with E-state index in [0.29, 0.717) is 13.0 Å². The molecule has 0 saturated heterocycles. The van der Waals surface area contributed by atoms with E-state index in [-0.39, 0.29) is 17.0 Å².